The van der Waals surface area contributed by atoms with Crippen LogP contribution >= 0.6 is 0 Å². The highest BCUT2D eigenvalue weighted by Gasteiger charge is 2.18. The molecule has 0 spiro atoms. The summed E-state index contributed by atoms with van der Waals surface area (Å²) in [5.41, 5.74) is 3.39. The fourth-order valence-corrected chi connectivity index (χ4v) is 2.53. The van der Waals surface area contributed by atoms with Crippen molar-refractivity contribution in [2.45, 2.75) is 13.3 Å². The van der Waals surface area contributed by atoms with Gasteiger partial charge >= 0.3 is 0 Å². The largest absolute Gasteiger partial charge is 0.378 e. The molecule has 0 aliphatic carbocycles. The van der Waals surface area contributed by atoms with Crippen molar-refractivity contribution >= 4 is 16.8 Å². The van der Waals surface area contributed by atoms with Gasteiger partial charge in [-0.1, -0.05) is 11.6 Å². The van der Waals surface area contributed by atoms with Crippen molar-refractivity contribution in [1.29, 1.82) is 0 Å². The van der Waals surface area contributed by atoms with Crippen LogP contribution in [0.15, 0.2) is 24.4 Å². The van der Waals surface area contributed by atoms with Crippen LogP contribution in [0.5, 0.6) is 0 Å². The molecule has 19 heavy (non-hydrogen) atoms. The molecule has 1 amide bonds. The maximum atomic E-state index is 12.3. The van der Waals surface area contributed by atoms with Crippen molar-refractivity contribution in [2.75, 3.05) is 26.3 Å². The van der Waals surface area contributed by atoms with Gasteiger partial charge in [-0.25, -0.2) is 0 Å². The number of amides is 1. The minimum atomic E-state index is 0.186. The molecule has 1 aromatic carbocycles. The predicted octanol–water partition coefficient (Wildman–Crippen LogP) is 1.88. The molecule has 1 aromatic heterocycles. The highest BCUT2D eigenvalue weighted by Crippen LogP contribution is 2.20. The Morgan fingerprint density at radius 2 is 2.16 bits per heavy atom. The molecule has 2 heterocycles. The minimum absolute atomic E-state index is 0.186. The van der Waals surface area contributed by atoms with Crippen molar-refractivity contribution in [2.24, 2.45) is 0 Å². The van der Waals surface area contributed by atoms with Crippen molar-refractivity contribution in [3.05, 3.63) is 35.5 Å². The topological polar surface area (TPSA) is 45.3 Å². The lowest BCUT2D eigenvalue weighted by Gasteiger charge is -2.26. The van der Waals surface area contributed by atoms with Crippen LogP contribution in [0.2, 0.25) is 0 Å². The SMILES string of the molecule is Cc1ccc2[nH]cc(CC(=O)N3CCOCC3)c2c1. The van der Waals surface area contributed by atoms with Crippen LogP contribution in [-0.2, 0) is 16.0 Å². The Hall–Kier alpha value is -1.81. The number of aryl methyl sites for hydroxylation is 1. The molecule has 4 heteroatoms. The average Bonchev–Trinajstić information content (AvgIpc) is 2.82. The molecule has 3 rings (SSSR count). The first-order chi connectivity index (χ1) is 9.24. The van der Waals surface area contributed by atoms with Gasteiger partial charge in [0.1, 0.15) is 0 Å². The Morgan fingerprint density at radius 3 is 2.95 bits per heavy atom. The monoisotopic (exact) mass is 258 g/mol. The molecule has 1 aliphatic rings. The van der Waals surface area contributed by atoms with Crippen LogP contribution in [0.4, 0.5) is 0 Å². The maximum Gasteiger partial charge on any atom is 0.227 e. The number of aromatic amines is 1. The number of fused-ring (bicyclic) bond motifs is 1. The van der Waals surface area contributed by atoms with E-state index in [0.29, 0.717) is 32.7 Å². The number of morpholine rings is 1. The summed E-state index contributed by atoms with van der Waals surface area (Å²) in [5, 5.41) is 1.15. The molecule has 1 N–H and O–H groups in total. The molecular formula is C15H18N2O2. The normalized spacial score (nSPS) is 15.9. The minimum Gasteiger partial charge on any atom is -0.378 e. The van der Waals surface area contributed by atoms with Gasteiger partial charge in [0.25, 0.3) is 0 Å². The van der Waals surface area contributed by atoms with Crippen LogP contribution in [0.3, 0.4) is 0 Å². The van der Waals surface area contributed by atoms with E-state index in [0.717, 1.165) is 16.5 Å². The highest BCUT2D eigenvalue weighted by atomic mass is 16.5. The predicted molar refractivity (Wildman–Crippen MR) is 74.1 cm³/mol. The van der Waals surface area contributed by atoms with E-state index in [9.17, 15) is 4.79 Å². The lowest BCUT2D eigenvalue weighted by molar-refractivity contribution is -0.134. The molecule has 0 unspecified atom stereocenters. The Kier molecular flexibility index (Phi) is 3.25. The van der Waals surface area contributed by atoms with E-state index in [1.807, 2.05) is 11.1 Å². The Balaban J connectivity index is 1.80. The van der Waals surface area contributed by atoms with E-state index < -0.39 is 0 Å². The Labute approximate surface area is 112 Å². The summed E-state index contributed by atoms with van der Waals surface area (Å²) < 4.78 is 5.27. The van der Waals surface area contributed by atoms with E-state index in [-0.39, 0.29) is 5.91 Å². The fraction of sp³-hybridized carbons (Fsp3) is 0.400. The second-order valence-corrected chi connectivity index (χ2v) is 5.03. The molecule has 4 nitrogen and oxygen atoms in total. The zero-order chi connectivity index (χ0) is 13.2. The van der Waals surface area contributed by atoms with Crippen LogP contribution in [0.1, 0.15) is 11.1 Å². The van der Waals surface area contributed by atoms with Crippen LogP contribution < -0.4 is 0 Å². The van der Waals surface area contributed by atoms with Gasteiger partial charge in [0.15, 0.2) is 0 Å². The average molecular weight is 258 g/mol. The second-order valence-electron chi connectivity index (χ2n) is 5.03. The van der Waals surface area contributed by atoms with Crippen LogP contribution in [0.25, 0.3) is 10.9 Å². The molecule has 0 saturated carbocycles. The molecule has 1 saturated heterocycles. The molecular weight excluding hydrogens is 240 g/mol. The van der Waals surface area contributed by atoms with Crippen molar-refractivity contribution in [1.82, 2.24) is 9.88 Å². The molecule has 0 radical (unpaired) electrons. The third-order valence-corrected chi connectivity index (χ3v) is 3.63. The van der Waals surface area contributed by atoms with Crippen LogP contribution in [0, 0.1) is 6.92 Å². The van der Waals surface area contributed by atoms with Crippen molar-refractivity contribution in [3.8, 4) is 0 Å². The maximum absolute atomic E-state index is 12.3. The number of hydrogen-bond acceptors (Lipinski definition) is 2. The summed E-state index contributed by atoms with van der Waals surface area (Å²) in [4.78, 5) is 17.4. The number of benzene rings is 1. The second kappa shape index (κ2) is 5.05. The van der Waals surface area contributed by atoms with Gasteiger partial charge in [-0.05, 0) is 24.6 Å². The number of ether oxygens (including phenoxy) is 1. The van der Waals surface area contributed by atoms with Gasteiger partial charge in [0.2, 0.25) is 5.91 Å². The highest BCUT2D eigenvalue weighted by molar-refractivity contribution is 5.89. The molecule has 0 atom stereocenters. The summed E-state index contributed by atoms with van der Waals surface area (Å²) in [5.74, 6) is 0.186. The van der Waals surface area contributed by atoms with Gasteiger partial charge in [0, 0.05) is 30.2 Å². The van der Waals surface area contributed by atoms with E-state index >= 15 is 0 Å². The third-order valence-electron chi connectivity index (χ3n) is 3.63. The fourth-order valence-electron chi connectivity index (χ4n) is 2.53. The number of rotatable bonds is 2. The lowest BCUT2D eigenvalue weighted by Crippen LogP contribution is -2.41. The number of nitrogens with one attached hydrogen (secondary N) is 1. The van der Waals surface area contributed by atoms with Crippen molar-refractivity contribution < 1.29 is 9.53 Å². The van der Waals surface area contributed by atoms with Gasteiger partial charge in [-0.2, -0.15) is 0 Å². The standard InChI is InChI=1S/C15H18N2O2/c1-11-2-3-14-13(8-11)12(10-16-14)9-15(18)17-4-6-19-7-5-17/h2-3,8,10,16H,4-7,9H2,1H3. The Morgan fingerprint density at radius 1 is 1.37 bits per heavy atom. The van der Waals surface area contributed by atoms with E-state index in [4.69, 9.17) is 4.74 Å². The zero-order valence-corrected chi connectivity index (χ0v) is 11.1. The summed E-state index contributed by atoms with van der Waals surface area (Å²) in [7, 11) is 0. The number of aromatic nitrogens is 1. The first-order valence-corrected chi connectivity index (χ1v) is 6.66. The molecule has 1 aliphatic heterocycles. The summed E-state index contributed by atoms with van der Waals surface area (Å²) in [6.07, 6.45) is 2.41. The number of H-pyrrole nitrogens is 1. The molecule has 100 valence electrons. The molecule has 1 fully saturated rings. The molecule has 0 bridgehead atoms. The van der Waals surface area contributed by atoms with Gasteiger partial charge in [-0.3, -0.25) is 4.79 Å². The van der Waals surface area contributed by atoms with Gasteiger partial charge < -0.3 is 14.6 Å². The van der Waals surface area contributed by atoms with Gasteiger partial charge in [-0.15, -0.1) is 0 Å². The number of nitrogens with zero attached hydrogens (tertiary/aromatic N) is 1. The third kappa shape index (κ3) is 2.49. The zero-order valence-electron chi connectivity index (χ0n) is 11.1. The quantitative estimate of drug-likeness (QED) is 0.894. The smallest absolute Gasteiger partial charge is 0.227 e. The first kappa shape index (κ1) is 12.2. The van der Waals surface area contributed by atoms with E-state index in [1.165, 1.54) is 5.56 Å². The lowest BCUT2D eigenvalue weighted by atomic mass is 10.1. The van der Waals surface area contributed by atoms with Crippen LogP contribution in [-0.4, -0.2) is 42.1 Å². The first-order valence-electron chi connectivity index (χ1n) is 6.66. The van der Waals surface area contributed by atoms with E-state index in [1.54, 1.807) is 0 Å². The number of carbonyl (C=O) groups is 1. The number of hydrogen-bond donors (Lipinski definition) is 1. The van der Waals surface area contributed by atoms with Crippen molar-refractivity contribution in [3.63, 3.8) is 0 Å². The Bertz CT molecular complexity index is 597. The van der Waals surface area contributed by atoms with Gasteiger partial charge in [0.05, 0.1) is 19.6 Å². The van der Waals surface area contributed by atoms with E-state index in [2.05, 4.69) is 30.1 Å². The molecule has 2 aromatic rings. The summed E-state index contributed by atoms with van der Waals surface area (Å²) >= 11 is 0. The summed E-state index contributed by atoms with van der Waals surface area (Å²) in [6, 6.07) is 6.27. The summed E-state index contributed by atoms with van der Waals surface area (Å²) in [6.45, 7) is 4.79. The number of carbonyl (C=O) groups excluding carboxylic acids is 1.